The summed E-state index contributed by atoms with van der Waals surface area (Å²) >= 11 is 3.30. The van der Waals surface area contributed by atoms with Crippen molar-refractivity contribution in [3.8, 4) is 11.5 Å². The molecule has 9 heteroatoms. The zero-order valence-electron chi connectivity index (χ0n) is 14.7. The second-order valence-electron chi connectivity index (χ2n) is 5.36. The molecule has 2 rings (SSSR count). The van der Waals surface area contributed by atoms with Gasteiger partial charge in [-0.25, -0.2) is 15.0 Å². The number of hydrazone groups is 1. The summed E-state index contributed by atoms with van der Waals surface area (Å²) in [5.74, 6) is -0.503. The number of ether oxygens (including phenoxy) is 2. The number of benzene rings is 2. The summed E-state index contributed by atoms with van der Waals surface area (Å²) in [4.78, 5) is 22.6. The van der Waals surface area contributed by atoms with Gasteiger partial charge in [0.25, 0.3) is 0 Å². The summed E-state index contributed by atoms with van der Waals surface area (Å²) in [7, 11) is 1.43. The van der Waals surface area contributed by atoms with Crippen LogP contribution in [0.2, 0.25) is 0 Å². The van der Waals surface area contributed by atoms with Crippen molar-refractivity contribution in [1.82, 2.24) is 5.43 Å². The molecule has 27 heavy (non-hydrogen) atoms. The SMILES string of the molecule is COc1cc(C=NNC(=O)Nc2ccccc2C)cc(Br)c1OCC(=O)O. The van der Waals surface area contributed by atoms with E-state index >= 15 is 0 Å². The van der Waals surface area contributed by atoms with Crippen LogP contribution in [-0.4, -0.2) is 37.0 Å². The predicted molar refractivity (Wildman–Crippen MR) is 105 cm³/mol. The Balaban J connectivity index is 2.03. The quantitative estimate of drug-likeness (QED) is 0.456. The van der Waals surface area contributed by atoms with Crippen LogP contribution in [0.3, 0.4) is 0 Å². The number of hydrogen-bond donors (Lipinski definition) is 3. The summed E-state index contributed by atoms with van der Waals surface area (Å²) in [5, 5.41) is 15.3. The van der Waals surface area contributed by atoms with E-state index in [0.29, 0.717) is 21.5 Å². The van der Waals surface area contributed by atoms with E-state index in [1.165, 1.54) is 13.3 Å². The van der Waals surface area contributed by atoms with Crippen molar-refractivity contribution in [3.63, 3.8) is 0 Å². The molecule has 0 aliphatic carbocycles. The Bertz CT molecular complexity index is 870. The minimum Gasteiger partial charge on any atom is -0.493 e. The first-order valence-electron chi connectivity index (χ1n) is 7.78. The maximum Gasteiger partial charge on any atom is 0.341 e. The number of nitrogens with zero attached hydrogens (tertiary/aromatic N) is 1. The fraction of sp³-hybridized carbons (Fsp3) is 0.167. The molecule has 0 unspecified atom stereocenters. The molecular formula is C18H18BrN3O5. The second-order valence-corrected chi connectivity index (χ2v) is 6.21. The Morgan fingerprint density at radius 3 is 2.70 bits per heavy atom. The van der Waals surface area contributed by atoms with Gasteiger partial charge in [-0.2, -0.15) is 5.10 Å². The lowest BCUT2D eigenvalue weighted by Crippen LogP contribution is -2.24. The average molecular weight is 436 g/mol. The largest absolute Gasteiger partial charge is 0.493 e. The molecule has 0 saturated carbocycles. The van der Waals surface area contributed by atoms with Crippen LogP contribution in [0, 0.1) is 6.92 Å². The summed E-state index contributed by atoms with van der Waals surface area (Å²) in [6.07, 6.45) is 1.42. The number of aryl methyl sites for hydroxylation is 1. The van der Waals surface area contributed by atoms with Gasteiger partial charge < -0.3 is 19.9 Å². The van der Waals surface area contributed by atoms with Crippen LogP contribution >= 0.6 is 15.9 Å². The third-order valence-corrected chi connectivity index (χ3v) is 3.95. The highest BCUT2D eigenvalue weighted by molar-refractivity contribution is 9.10. The van der Waals surface area contributed by atoms with Crippen molar-refractivity contribution in [1.29, 1.82) is 0 Å². The molecule has 0 aromatic heterocycles. The number of urea groups is 1. The number of anilines is 1. The van der Waals surface area contributed by atoms with Crippen molar-refractivity contribution in [2.45, 2.75) is 6.92 Å². The van der Waals surface area contributed by atoms with Crippen LogP contribution in [0.25, 0.3) is 0 Å². The van der Waals surface area contributed by atoms with Crippen molar-refractivity contribution < 1.29 is 24.2 Å². The third-order valence-electron chi connectivity index (χ3n) is 3.36. The molecule has 8 nitrogen and oxygen atoms in total. The number of methoxy groups -OCH3 is 1. The van der Waals surface area contributed by atoms with E-state index in [0.717, 1.165) is 5.56 Å². The number of carbonyl (C=O) groups is 2. The molecule has 0 aliphatic rings. The first kappa shape index (κ1) is 20.2. The fourth-order valence-corrected chi connectivity index (χ4v) is 2.69. The van der Waals surface area contributed by atoms with Gasteiger partial charge in [0.05, 0.1) is 17.8 Å². The number of halogens is 1. The highest BCUT2D eigenvalue weighted by atomic mass is 79.9. The van der Waals surface area contributed by atoms with Gasteiger partial charge in [-0.05, 0) is 52.2 Å². The van der Waals surface area contributed by atoms with Crippen molar-refractivity contribution in [2.24, 2.45) is 5.10 Å². The monoisotopic (exact) mass is 435 g/mol. The Morgan fingerprint density at radius 1 is 1.30 bits per heavy atom. The van der Waals surface area contributed by atoms with E-state index in [2.05, 4.69) is 31.8 Å². The fourth-order valence-electron chi connectivity index (χ4n) is 2.12. The number of carboxylic acids is 1. The molecule has 142 valence electrons. The van der Waals surface area contributed by atoms with Gasteiger partial charge in [-0.15, -0.1) is 0 Å². The van der Waals surface area contributed by atoms with E-state index in [1.54, 1.807) is 18.2 Å². The second kappa shape index (κ2) is 9.58. The molecule has 0 atom stereocenters. The minimum absolute atomic E-state index is 0.266. The van der Waals surface area contributed by atoms with Crippen LogP contribution in [0.5, 0.6) is 11.5 Å². The van der Waals surface area contributed by atoms with Crippen LogP contribution in [0.15, 0.2) is 46.0 Å². The number of carboxylic acid groups (broad SMARTS) is 1. The normalized spacial score (nSPS) is 10.5. The van der Waals surface area contributed by atoms with E-state index < -0.39 is 18.6 Å². The van der Waals surface area contributed by atoms with Crippen LogP contribution in [0.4, 0.5) is 10.5 Å². The molecule has 0 spiro atoms. The van der Waals surface area contributed by atoms with Gasteiger partial charge in [0.2, 0.25) is 0 Å². The van der Waals surface area contributed by atoms with Crippen molar-refractivity contribution in [2.75, 3.05) is 19.0 Å². The molecular weight excluding hydrogens is 418 g/mol. The summed E-state index contributed by atoms with van der Waals surface area (Å²) < 4.78 is 10.9. The lowest BCUT2D eigenvalue weighted by atomic mass is 10.2. The number of nitrogens with one attached hydrogen (secondary N) is 2. The number of amides is 2. The smallest absolute Gasteiger partial charge is 0.341 e. The van der Waals surface area contributed by atoms with E-state index in [-0.39, 0.29) is 5.75 Å². The van der Waals surface area contributed by atoms with E-state index in [9.17, 15) is 9.59 Å². The number of hydrogen-bond acceptors (Lipinski definition) is 5. The third kappa shape index (κ3) is 6.00. The molecule has 2 aromatic rings. The first-order valence-corrected chi connectivity index (χ1v) is 8.58. The minimum atomic E-state index is -1.10. The highest BCUT2D eigenvalue weighted by Gasteiger charge is 2.12. The number of para-hydroxylation sites is 1. The molecule has 0 aliphatic heterocycles. The van der Waals surface area contributed by atoms with Gasteiger partial charge in [-0.1, -0.05) is 18.2 Å². The highest BCUT2D eigenvalue weighted by Crippen LogP contribution is 2.36. The van der Waals surface area contributed by atoms with Crippen LogP contribution in [-0.2, 0) is 4.79 Å². The number of carbonyl (C=O) groups excluding carboxylic acids is 1. The van der Waals surface area contributed by atoms with Gasteiger partial charge >= 0.3 is 12.0 Å². The molecule has 0 bridgehead atoms. The van der Waals surface area contributed by atoms with Gasteiger partial charge in [0, 0.05) is 5.69 Å². The van der Waals surface area contributed by atoms with Crippen molar-refractivity contribution in [3.05, 3.63) is 52.0 Å². The Hall–Kier alpha value is -3.07. The summed E-state index contributed by atoms with van der Waals surface area (Å²) in [6.45, 7) is 1.39. The zero-order chi connectivity index (χ0) is 19.8. The Labute approximate surface area is 164 Å². The average Bonchev–Trinajstić information content (AvgIpc) is 2.62. The Kier molecular flexibility index (Phi) is 7.18. The molecule has 0 fully saturated rings. The Morgan fingerprint density at radius 2 is 2.04 bits per heavy atom. The lowest BCUT2D eigenvalue weighted by Gasteiger charge is -2.12. The van der Waals surface area contributed by atoms with E-state index in [1.807, 2.05) is 25.1 Å². The topological polar surface area (TPSA) is 109 Å². The van der Waals surface area contributed by atoms with Gasteiger partial charge in [0.15, 0.2) is 18.1 Å². The van der Waals surface area contributed by atoms with Crippen molar-refractivity contribution >= 4 is 39.8 Å². The number of rotatable bonds is 7. The molecule has 0 saturated heterocycles. The molecule has 0 radical (unpaired) electrons. The lowest BCUT2D eigenvalue weighted by molar-refractivity contribution is -0.139. The molecule has 0 heterocycles. The molecule has 3 N–H and O–H groups in total. The predicted octanol–water partition coefficient (Wildman–Crippen LogP) is 3.39. The van der Waals surface area contributed by atoms with Gasteiger partial charge in [-0.3, -0.25) is 0 Å². The van der Waals surface area contributed by atoms with Crippen LogP contribution < -0.4 is 20.2 Å². The molecule has 2 amide bonds. The van der Waals surface area contributed by atoms with E-state index in [4.69, 9.17) is 14.6 Å². The zero-order valence-corrected chi connectivity index (χ0v) is 16.2. The van der Waals surface area contributed by atoms with Gasteiger partial charge in [0.1, 0.15) is 0 Å². The summed E-state index contributed by atoms with van der Waals surface area (Å²) in [5.41, 5.74) is 4.60. The first-order chi connectivity index (χ1) is 12.9. The summed E-state index contributed by atoms with van der Waals surface area (Å²) in [6, 6.07) is 10.2. The maximum absolute atomic E-state index is 11.9. The standard InChI is InChI=1S/C18H18BrN3O5/c1-11-5-3-4-6-14(11)21-18(25)22-20-9-12-7-13(19)17(15(8-12)26-2)27-10-16(23)24/h3-9H,10H2,1-2H3,(H,23,24)(H2,21,22,25). The van der Waals surface area contributed by atoms with Crippen LogP contribution in [0.1, 0.15) is 11.1 Å². The number of aliphatic carboxylic acids is 1. The maximum atomic E-state index is 11.9. The molecule has 2 aromatic carbocycles.